The number of aromatic carboxylic acids is 1. The van der Waals surface area contributed by atoms with Crippen molar-refractivity contribution in [2.45, 2.75) is 0 Å². The molecule has 1 rings (SSSR count). The van der Waals surface area contributed by atoms with Gasteiger partial charge < -0.3 is 5.11 Å². The molecule has 0 bridgehead atoms. The molecule has 0 atom stereocenters. The van der Waals surface area contributed by atoms with Crippen LogP contribution in [0.25, 0.3) is 0 Å². The lowest BCUT2D eigenvalue weighted by molar-refractivity contribution is 0.0696. The van der Waals surface area contributed by atoms with Crippen LogP contribution in [0.5, 0.6) is 0 Å². The summed E-state index contributed by atoms with van der Waals surface area (Å²) < 4.78 is 0. The number of rotatable bonds is 2. The molecule has 5 heteroatoms. The van der Waals surface area contributed by atoms with Crippen LogP contribution in [0.4, 0.5) is 0 Å². The normalized spacial score (nSPS) is 9.14. The van der Waals surface area contributed by atoms with E-state index in [1.807, 2.05) is 0 Å². The van der Waals surface area contributed by atoms with Crippen molar-refractivity contribution in [3.05, 3.63) is 33.8 Å². The van der Waals surface area contributed by atoms with Gasteiger partial charge in [-0.05, 0) is 12.1 Å². The first-order valence-corrected chi connectivity index (χ1v) is 3.90. The van der Waals surface area contributed by atoms with Crippen molar-refractivity contribution in [1.29, 1.82) is 5.26 Å². The lowest BCUT2D eigenvalue weighted by Gasteiger charge is -2.01. The summed E-state index contributed by atoms with van der Waals surface area (Å²) in [6, 6.07) is 4.04. The van der Waals surface area contributed by atoms with Gasteiger partial charge >= 0.3 is 5.97 Å². The van der Waals surface area contributed by atoms with Crippen LogP contribution in [0.15, 0.2) is 12.1 Å². The number of carbonyl (C=O) groups excluding carboxylic acids is 1. The summed E-state index contributed by atoms with van der Waals surface area (Å²) in [4.78, 5) is 21.2. The number of nitriles is 1. The minimum atomic E-state index is -1.29. The van der Waals surface area contributed by atoms with Gasteiger partial charge in [-0.2, -0.15) is 5.26 Å². The molecule has 0 aliphatic heterocycles. The molecule has 14 heavy (non-hydrogen) atoms. The summed E-state index contributed by atoms with van der Waals surface area (Å²) in [5.41, 5.74) is -0.448. The number of halogens is 1. The topological polar surface area (TPSA) is 78.2 Å². The van der Waals surface area contributed by atoms with E-state index in [9.17, 15) is 9.59 Å². The Morgan fingerprint density at radius 1 is 1.57 bits per heavy atom. The molecule has 0 radical (unpaired) electrons. The number of nitrogens with zero attached hydrogens (tertiary/aromatic N) is 1. The van der Waals surface area contributed by atoms with E-state index in [1.165, 1.54) is 6.07 Å². The average Bonchev–Trinajstić information content (AvgIpc) is 2.16. The highest BCUT2D eigenvalue weighted by molar-refractivity contribution is 6.31. The minimum absolute atomic E-state index is 0.0163. The summed E-state index contributed by atoms with van der Waals surface area (Å²) in [6.07, 6.45) is 0.400. The Labute approximate surface area is 84.3 Å². The van der Waals surface area contributed by atoms with E-state index in [-0.39, 0.29) is 21.7 Å². The second-order valence-corrected chi connectivity index (χ2v) is 2.89. The maximum Gasteiger partial charge on any atom is 0.337 e. The highest BCUT2D eigenvalue weighted by Crippen LogP contribution is 2.19. The van der Waals surface area contributed by atoms with Gasteiger partial charge in [0, 0.05) is 10.6 Å². The molecular formula is C9H4ClNO3. The van der Waals surface area contributed by atoms with E-state index in [0.717, 1.165) is 6.07 Å². The molecule has 0 aromatic heterocycles. The first-order valence-electron chi connectivity index (χ1n) is 3.52. The van der Waals surface area contributed by atoms with Crippen molar-refractivity contribution in [1.82, 2.24) is 0 Å². The van der Waals surface area contributed by atoms with Crippen LogP contribution in [-0.4, -0.2) is 17.4 Å². The SMILES string of the molecule is N#Cc1c(C=O)cc(Cl)cc1C(=O)O. The molecule has 0 spiro atoms. The van der Waals surface area contributed by atoms with Crippen LogP contribution in [0.2, 0.25) is 5.02 Å². The first kappa shape index (κ1) is 10.2. The Balaban J connectivity index is 3.57. The second-order valence-electron chi connectivity index (χ2n) is 2.45. The van der Waals surface area contributed by atoms with Gasteiger partial charge in [0.25, 0.3) is 0 Å². The molecule has 4 nitrogen and oxygen atoms in total. The molecule has 70 valence electrons. The third-order valence-corrected chi connectivity index (χ3v) is 1.82. The van der Waals surface area contributed by atoms with Crippen molar-refractivity contribution < 1.29 is 14.7 Å². The number of carbonyl (C=O) groups is 2. The van der Waals surface area contributed by atoms with Crippen LogP contribution in [-0.2, 0) is 0 Å². The highest BCUT2D eigenvalue weighted by Gasteiger charge is 2.14. The van der Waals surface area contributed by atoms with E-state index in [2.05, 4.69) is 0 Å². The second kappa shape index (κ2) is 3.90. The van der Waals surface area contributed by atoms with Gasteiger partial charge in [-0.25, -0.2) is 4.79 Å². The fourth-order valence-electron chi connectivity index (χ4n) is 1.01. The van der Waals surface area contributed by atoms with Crippen molar-refractivity contribution in [2.24, 2.45) is 0 Å². The van der Waals surface area contributed by atoms with Crippen LogP contribution < -0.4 is 0 Å². The van der Waals surface area contributed by atoms with Gasteiger partial charge in [0.2, 0.25) is 0 Å². The molecule has 1 N–H and O–H groups in total. The van der Waals surface area contributed by atoms with Crippen molar-refractivity contribution in [2.75, 3.05) is 0 Å². The molecule has 0 saturated heterocycles. The smallest absolute Gasteiger partial charge is 0.337 e. The first-order chi connectivity index (χ1) is 6.60. The fourth-order valence-corrected chi connectivity index (χ4v) is 1.24. The number of hydrogen-bond acceptors (Lipinski definition) is 3. The number of hydrogen-bond donors (Lipinski definition) is 1. The zero-order valence-corrected chi connectivity index (χ0v) is 7.58. The molecule has 0 heterocycles. The fraction of sp³-hybridized carbons (Fsp3) is 0. The zero-order valence-electron chi connectivity index (χ0n) is 6.82. The maximum atomic E-state index is 10.7. The highest BCUT2D eigenvalue weighted by atomic mass is 35.5. The molecule has 0 aliphatic carbocycles. The number of carboxylic acid groups (broad SMARTS) is 1. The Morgan fingerprint density at radius 2 is 2.21 bits per heavy atom. The van der Waals surface area contributed by atoms with E-state index in [4.69, 9.17) is 22.0 Å². The Kier molecular flexibility index (Phi) is 2.85. The van der Waals surface area contributed by atoms with Crippen LogP contribution in [0, 0.1) is 11.3 Å². The molecule has 0 amide bonds. The van der Waals surface area contributed by atoms with Crippen molar-refractivity contribution >= 4 is 23.9 Å². The van der Waals surface area contributed by atoms with Crippen LogP contribution in [0.3, 0.4) is 0 Å². The van der Waals surface area contributed by atoms with E-state index in [0.29, 0.717) is 6.29 Å². The standard InChI is InChI=1S/C9H4ClNO3/c10-6-1-5(4-12)8(3-11)7(2-6)9(13)14/h1-2,4H,(H,13,14). The molecule has 0 fully saturated rings. The van der Waals surface area contributed by atoms with Gasteiger partial charge in [-0.1, -0.05) is 11.6 Å². The predicted octanol–water partition coefficient (Wildman–Crippen LogP) is 1.72. The third kappa shape index (κ3) is 1.73. The largest absolute Gasteiger partial charge is 0.478 e. The molecule has 1 aromatic rings. The molecule has 1 aromatic carbocycles. The number of benzene rings is 1. The van der Waals surface area contributed by atoms with Crippen molar-refractivity contribution in [3.8, 4) is 6.07 Å². The quantitative estimate of drug-likeness (QED) is 0.753. The van der Waals surface area contributed by atoms with Crippen LogP contribution in [0.1, 0.15) is 26.3 Å². The summed E-state index contributed by atoms with van der Waals surface area (Å²) in [6.45, 7) is 0. The molecule has 0 aliphatic rings. The lowest BCUT2D eigenvalue weighted by Crippen LogP contribution is -2.03. The molecule has 0 unspecified atom stereocenters. The van der Waals surface area contributed by atoms with Gasteiger partial charge in [0.15, 0.2) is 6.29 Å². The maximum absolute atomic E-state index is 10.7. The lowest BCUT2D eigenvalue weighted by atomic mass is 10.0. The number of carboxylic acids is 1. The van der Waals surface area contributed by atoms with Gasteiger partial charge in [0.1, 0.15) is 6.07 Å². The summed E-state index contributed by atoms with van der Waals surface area (Å²) in [5.74, 6) is -1.29. The van der Waals surface area contributed by atoms with Crippen LogP contribution >= 0.6 is 11.6 Å². The van der Waals surface area contributed by atoms with Gasteiger partial charge in [0.05, 0.1) is 11.1 Å². The van der Waals surface area contributed by atoms with E-state index < -0.39 is 5.97 Å². The third-order valence-electron chi connectivity index (χ3n) is 1.60. The predicted molar refractivity (Wildman–Crippen MR) is 48.5 cm³/mol. The zero-order chi connectivity index (χ0) is 10.7. The number of aldehydes is 1. The average molecular weight is 210 g/mol. The van der Waals surface area contributed by atoms with Crippen molar-refractivity contribution in [3.63, 3.8) is 0 Å². The Hall–Kier alpha value is -1.86. The van der Waals surface area contributed by atoms with E-state index in [1.54, 1.807) is 6.07 Å². The Bertz CT molecular complexity index is 448. The molecular weight excluding hydrogens is 206 g/mol. The monoisotopic (exact) mass is 209 g/mol. The minimum Gasteiger partial charge on any atom is -0.478 e. The molecule has 0 saturated carbocycles. The van der Waals surface area contributed by atoms with E-state index >= 15 is 0 Å². The Morgan fingerprint density at radius 3 is 2.64 bits per heavy atom. The van der Waals surface area contributed by atoms with Gasteiger partial charge in [-0.3, -0.25) is 4.79 Å². The summed E-state index contributed by atoms with van der Waals surface area (Å²) in [7, 11) is 0. The summed E-state index contributed by atoms with van der Waals surface area (Å²) in [5, 5.41) is 17.5. The summed E-state index contributed by atoms with van der Waals surface area (Å²) >= 11 is 5.57. The van der Waals surface area contributed by atoms with Gasteiger partial charge in [-0.15, -0.1) is 0 Å².